The maximum Gasteiger partial charge on any atom is 0.255 e. The average Bonchev–Trinajstić information content (AvgIpc) is 3.37. The van der Waals surface area contributed by atoms with Crippen LogP contribution < -0.4 is 20.1 Å². The van der Waals surface area contributed by atoms with Crippen molar-refractivity contribution in [2.75, 3.05) is 23.5 Å². The van der Waals surface area contributed by atoms with E-state index in [0.29, 0.717) is 46.2 Å². The van der Waals surface area contributed by atoms with E-state index in [1.165, 1.54) is 0 Å². The second-order valence-electron chi connectivity index (χ2n) is 9.52. The molecule has 1 atom stereocenters. The quantitative estimate of drug-likeness (QED) is 0.213. The van der Waals surface area contributed by atoms with Crippen LogP contribution >= 0.6 is 11.8 Å². The number of anilines is 2. The van der Waals surface area contributed by atoms with E-state index in [0.717, 1.165) is 28.9 Å². The highest BCUT2D eigenvalue weighted by Crippen LogP contribution is 2.40. The highest BCUT2D eigenvalue weighted by Gasteiger charge is 2.35. The molecule has 0 aliphatic carbocycles. The van der Waals surface area contributed by atoms with Crippen LogP contribution in [0.5, 0.6) is 11.5 Å². The molecule has 3 aromatic carbocycles. The molecule has 1 aliphatic heterocycles. The molecule has 0 radical (unpaired) electrons. The Morgan fingerprint density at radius 2 is 1.82 bits per heavy atom. The van der Waals surface area contributed by atoms with Crippen molar-refractivity contribution in [3.05, 3.63) is 101 Å². The number of para-hydroxylation sites is 1. The monoisotopic (exact) mass is 555 g/mol. The number of carbonyl (C=O) groups excluding carboxylic acids is 1. The molecule has 1 amide bonds. The van der Waals surface area contributed by atoms with Gasteiger partial charge in [0.05, 0.1) is 12.7 Å². The van der Waals surface area contributed by atoms with Gasteiger partial charge in [-0.2, -0.15) is 4.98 Å². The number of rotatable bonds is 10. The van der Waals surface area contributed by atoms with Crippen molar-refractivity contribution >= 4 is 29.3 Å². The number of nitrogens with one attached hydrogen (secondary N) is 2. The molecule has 1 aliphatic rings. The summed E-state index contributed by atoms with van der Waals surface area (Å²) in [6.45, 7) is 6.50. The molecule has 1 aromatic heterocycles. The normalized spacial score (nSPS) is 14.3. The van der Waals surface area contributed by atoms with Gasteiger partial charge in [-0.25, -0.2) is 4.68 Å². The Balaban J connectivity index is 1.51. The van der Waals surface area contributed by atoms with Crippen molar-refractivity contribution in [1.82, 2.24) is 14.8 Å². The first-order valence-electron chi connectivity index (χ1n) is 13.3. The number of ether oxygens (including phenoxy) is 2. The van der Waals surface area contributed by atoms with E-state index in [9.17, 15) is 4.79 Å². The molecule has 1 unspecified atom stereocenters. The van der Waals surface area contributed by atoms with Gasteiger partial charge in [-0.05, 0) is 61.2 Å². The maximum atomic E-state index is 13.7. The topological polar surface area (TPSA) is 90.3 Å². The van der Waals surface area contributed by atoms with Crippen LogP contribution in [0.15, 0.2) is 89.2 Å². The second kappa shape index (κ2) is 12.3. The number of fused-ring (bicyclic) bond motifs is 1. The third-order valence-electron chi connectivity index (χ3n) is 6.69. The third kappa shape index (κ3) is 5.84. The summed E-state index contributed by atoms with van der Waals surface area (Å²) in [6, 6.07) is 22.8. The Bertz CT molecular complexity index is 1530. The summed E-state index contributed by atoms with van der Waals surface area (Å²) < 4.78 is 13.7. The fraction of sp³-hybridized carbons (Fsp3) is 0.258. The number of thioether (sulfide) groups is 1. The first kappa shape index (κ1) is 27.3. The van der Waals surface area contributed by atoms with E-state index >= 15 is 0 Å². The van der Waals surface area contributed by atoms with E-state index in [-0.39, 0.29) is 5.91 Å². The summed E-state index contributed by atoms with van der Waals surface area (Å²) >= 11 is 1.59. The van der Waals surface area contributed by atoms with Crippen LogP contribution in [0, 0.1) is 6.92 Å². The minimum atomic E-state index is -0.525. The molecule has 9 heteroatoms. The first-order valence-corrected chi connectivity index (χ1v) is 14.3. The van der Waals surface area contributed by atoms with Gasteiger partial charge in [0.25, 0.3) is 5.91 Å². The van der Waals surface area contributed by atoms with Crippen LogP contribution in [-0.4, -0.2) is 33.5 Å². The van der Waals surface area contributed by atoms with Crippen LogP contribution in [0.25, 0.3) is 0 Å². The molecular formula is C31H33N5O3S. The third-order valence-corrected chi connectivity index (χ3v) is 7.74. The van der Waals surface area contributed by atoms with Gasteiger partial charge in [-0.1, -0.05) is 67.2 Å². The molecule has 8 nitrogen and oxygen atoms in total. The van der Waals surface area contributed by atoms with Gasteiger partial charge in [0.2, 0.25) is 11.1 Å². The van der Waals surface area contributed by atoms with Gasteiger partial charge in [-0.15, -0.1) is 5.10 Å². The zero-order valence-electron chi connectivity index (χ0n) is 23.1. The Labute approximate surface area is 238 Å². The highest BCUT2D eigenvalue weighted by atomic mass is 32.2. The minimum absolute atomic E-state index is 0.219. The first-order chi connectivity index (χ1) is 19.5. The van der Waals surface area contributed by atoms with E-state index in [2.05, 4.69) is 36.6 Å². The van der Waals surface area contributed by atoms with Gasteiger partial charge in [-0.3, -0.25) is 4.79 Å². The Morgan fingerprint density at radius 1 is 1.05 bits per heavy atom. The van der Waals surface area contributed by atoms with Crippen molar-refractivity contribution in [3.63, 3.8) is 0 Å². The fourth-order valence-electron chi connectivity index (χ4n) is 4.61. The number of methoxy groups -OCH3 is 1. The van der Waals surface area contributed by atoms with Crippen molar-refractivity contribution in [2.24, 2.45) is 0 Å². The lowest BCUT2D eigenvalue weighted by Gasteiger charge is -2.29. The molecular weight excluding hydrogens is 522 g/mol. The SMILES string of the molecule is CCCSc1nc2n(n1)C(c1ccc(OCc3ccccc3C)c(OC)c1)C(C(=O)Nc1ccccc1)=C(C)N2. The molecule has 2 N–H and O–H groups in total. The summed E-state index contributed by atoms with van der Waals surface area (Å²) in [6.07, 6.45) is 1.01. The van der Waals surface area contributed by atoms with Crippen molar-refractivity contribution in [2.45, 2.75) is 45.0 Å². The van der Waals surface area contributed by atoms with Crippen molar-refractivity contribution < 1.29 is 14.3 Å². The number of hydrogen-bond donors (Lipinski definition) is 2. The predicted molar refractivity (Wildman–Crippen MR) is 159 cm³/mol. The van der Waals surface area contributed by atoms with Gasteiger partial charge in [0.15, 0.2) is 11.5 Å². The molecule has 0 fully saturated rings. The number of hydrogen-bond acceptors (Lipinski definition) is 7. The summed E-state index contributed by atoms with van der Waals surface area (Å²) in [4.78, 5) is 18.4. The van der Waals surface area contributed by atoms with Gasteiger partial charge >= 0.3 is 0 Å². The number of carbonyl (C=O) groups is 1. The summed E-state index contributed by atoms with van der Waals surface area (Å²) in [5, 5.41) is 11.8. The van der Waals surface area contributed by atoms with Crippen LogP contribution in [0.3, 0.4) is 0 Å². The molecule has 2 heterocycles. The molecule has 40 heavy (non-hydrogen) atoms. The largest absolute Gasteiger partial charge is 0.493 e. The van der Waals surface area contributed by atoms with E-state index in [1.807, 2.05) is 67.6 Å². The number of nitrogens with zero attached hydrogens (tertiary/aromatic N) is 3. The Morgan fingerprint density at radius 3 is 2.58 bits per heavy atom. The summed E-state index contributed by atoms with van der Waals surface area (Å²) in [7, 11) is 1.62. The number of benzene rings is 3. The fourth-order valence-corrected chi connectivity index (χ4v) is 5.29. The average molecular weight is 556 g/mol. The molecule has 206 valence electrons. The summed E-state index contributed by atoms with van der Waals surface area (Å²) in [5.74, 6) is 2.48. The van der Waals surface area contributed by atoms with Crippen molar-refractivity contribution in [1.29, 1.82) is 0 Å². The minimum Gasteiger partial charge on any atom is -0.493 e. The smallest absolute Gasteiger partial charge is 0.255 e. The lowest BCUT2D eigenvalue weighted by Crippen LogP contribution is -2.31. The van der Waals surface area contributed by atoms with Crippen molar-refractivity contribution in [3.8, 4) is 11.5 Å². The molecule has 0 spiro atoms. The zero-order valence-corrected chi connectivity index (χ0v) is 23.9. The molecule has 0 saturated heterocycles. The second-order valence-corrected chi connectivity index (χ2v) is 10.6. The molecule has 5 rings (SSSR count). The van der Waals surface area contributed by atoms with Gasteiger partial charge < -0.3 is 20.1 Å². The molecule has 4 aromatic rings. The van der Waals surface area contributed by atoms with Crippen LogP contribution in [0.1, 0.15) is 43.0 Å². The number of aromatic nitrogens is 3. The van der Waals surface area contributed by atoms with Crippen LogP contribution in [0.2, 0.25) is 0 Å². The lowest BCUT2D eigenvalue weighted by atomic mass is 9.94. The van der Waals surface area contributed by atoms with Crippen LogP contribution in [-0.2, 0) is 11.4 Å². The standard InChI is InChI=1S/C31H33N5O3S/c1-5-17-40-31-34-30-32-21(3)27(29(37)33-24-13-7-6-8-14-24)28(36(30)35-31)22-15-16-25(26(18-22)38-4)39-19-23-12-10-9-11-20(23)2/h6-16,18,28H,5,17,19H2,1-4H3,(H,33,37)(H,32,34,35). The molecule has 0 bridgehead atoms. The van der Waals surface area contributed by atoms with Gasteiger partial charge in [0, 0.05) is 17.1 Å². The number of aryl methyl sites for hydroxylation is 1. The van der Waals surface area contributed by atoms with E-state index in [1.54, 1.807) is 23.6 Å². The maximum absolute atomic E-state index is 13.7. The van der Waals surface area contributed by atoms with Crippen LogP contribution in [0.4, 0.5) is 11.6 Å². The van der Waals surface area contributed by atoms with Gasteiger partial charge in [0.1, 0.15) is 12.6 Å². The highest BCUT2D eigenvalue weighted by molar-refractivity contribution is 7.99. The molecule has 0 saturated carbocycles. The van der Waals surface area contributed by atoms with E-state index in [4.69, 9.17) is 19.6 Å². The summed E-state index contributed by atoms with van der Waals surface area (Å²) in [5.41, 5.74) is 5.07. The number of amides is 1. The number of allylic oxidation sites excluding steroid dienone is 1. The Kier molecular flexibility index (Phi) is 8.40. The Hall–Kier alpha value is -4.24. The predicted octanol–water partition coefficient (Wildman–Crippen LogP) is 6.60. The van der Waals surface area contributed by atoms with E-state index < -0.39 is 6.04 Å². The lowest BCUT2D eigenvalue weighted by molar-refractivity contribution is -0.113. The zero-order chi connectivity index (χ0) is 28.1.